The highest BCUT2D eigenvalue weighted by atomic mass is 79.9. The normalized spacial score (nSPS) is 27.1. The number of allylic oxidation sites excluding steroid dienone is 4. The van der Waals surface area contributed by atoms with Gasteiger partial charge in [0, 0.05) is 65.6 Å². The molecule has 0 radical (unpaired) electrons. The maximum absolute atomic E-state index is 18.4. The largest absolute Gasteiger partial charge is 0.476 e. The topological polar surface area (TPSA) is 284 Å². The van der Waals surface area contributed by atoms with Crippen molar-refractivity contribution in [3.8, 4) is 0 Å². The summed E-state index contributed by atoms with van der Waals surface area (Å²) in [5, 5.41) is 20.8. The molecule has 1 heterocycles. The van der Waals surface area contributed by atoms with Crippen LogP contribution in [0.2, 0.25) is 0 Å². The summed E-state index contributed by atoms with van der Waals surface area (Å²) in [5.74, 6) is -7.67. The number of aliphatic hydroxyl groups excluding tert-OH is 1. The van der Waals surface area contributed by atoms with E-state index in [1.807, 2.05) is 18.2 Å². The Bertz CT molecular complexity index is 3400. The first-order valence-corrected chi connectivity index (χ1v) is 36.9. The highest BCUT2D eigenvalue weighted by Crippen LogP contribution is 2.73. The fourth-order valence-corrected chi connectivity index (χ4v) is 16.5. The van der Waals surface area contributed by atoms with Crippen LogP contribution in [0, 0.1) is 34.5 Å². The summed E-state index contributed by atoms with van der Waals surface area (Å²) in [6, 6.07) is 13.1. The van der Waals surface area contributed by atoms with Crippen LogP contribution in [0.25, 0.3) is 0 Å². The molecule has 13 atom stereocenters. The standard InChI is InChI=1S/C74H105BrF2N3O18P/c1-66(2,3)91-42-56(80-63(88)48(35-51(82)41-75)28-29-61(86)94-67(4,5)6)57(83)36-47(22-18-19-32-78-65(89)96-68(7,8)9)62(87)79-49-23-20-21-45(34-49)33-44-24-26-46(27-25-44)64-93-60-39-52-53-38-55(76)54-37-50(81)30-31-71(54,16)73(53,77)58(84)40-72(52,17)74(60,95-64)59(85)43-92-99(90,97-69(10,11)12)98-70(13,14)15/h20-21,23-27,30-31,34,37,47-48,52-53,55-56,58,60,64,84H,18-19,22,28-29,32-33,35-36,38-43H2,1-17H3,(H,78,89)(H,79,87)(H,80,88)/t47-,48-,52+,53+,55+,56+,58+,60-,64-,71+,72+,73+,74-/m1/s1. The average Bonchev–Trinajstić information content (AvgIpc) is 1.59. The second-order valence-corrected chi connectivity index (χ2v) is 34.6. The Labute approximate surface area is 590 Å². The third-order valence-corrected chi connectivity index (χ3v) is 21.3. The number of anilines is 1. The van der Waals surface area contributed by atoms with Crippen LogP contribution >= 0.6 is 23.8 Å². The molecule has 5 aliphatic rings. The van der Waals surface area contributed by atoms with Crippen LogP contribution < -0.4 is 16.0 Å². The van der Waals surface area contributed by atoms with E-state index in [2.05, 4.69) is 31.9 Å². The summed E-state index contributed by atoms with van der Waals surface area (Å²) >= 11 is 3.16. The summed E-state index contributed by atoms with van der Waals surface area (Å²) < 4.78 is 97.8. The number of esters is 1. The first kappa shape index (κ1) is 80.9. The molecule has 25 heteroatoms. The van der Waals surface area contributed by atoms with E-state index in [0.717, 1.165) is 17.2 Å². The minimum Gasteiger partial charge on any atom is -0.460 e. The van der Waals surface area contributed by atoms with Crippen molar-refractivity contribution in [3.63, 3.8) is 0 Å². The molecule has 7 rings (SSSR count). The summed E-state index contributed by atoms with van der Waals surface area (Å²) in [7, 11) is -4.51. The number of carbonyl (C=O) groups excluding carboxylic acids is 8. The smallest absolute Gasteiger partial charge is 0.460 e. The molecule has 1 saturated heterocycles. The first-order chi connectivity index (χ1) is 45.6. The van der Waals surface area contributed by atoms with Crippen LogP contribution in [0.1, 0.15) is 205 Å². The number of hydrogen-bond acceptors (Lipinski definition) is 18. The summed E-state index contributed by atoms with van der Waals surface area (Å²) in [6.45, 7) is 27.9. The number of halogens is 3. The highest BCUT2D eigenvalue weighted by Gasteiger charge is 2.80. The number of rotatable bonds is 29. The fourth-order valence-electron chi connectivity index (χ4n) is 14.5. The van der Waals surface area contributed by atoms with Crippen LogP contribution in [0.5, 0.6) is 0 Å². The predicted molar refractivity (Wildman–Crippen MR) is 371 cm³/mol. The number of alkyl halides is 3. The number of nitrogens with one attached hydrogen (secondary N) is 3. The lowest BCUT2D eigenvalue weighted by molar-refractivity contribution is -0.235. The fraction of sp³-hybridized carbons (Fsp3) is 0.676. The second kappa shape index (κ2) is 31.3. The van der Waals surface area contributed by atoms with Crippen molar-refractivity contribution < 1.29 is 94.1 Å². The lowest BCUT2D eigenvalue weighted by Gasteiger charge is -2.63. The third kappa shape index (κ3) is 20.3. The Morgan fingerprint density at radius 3 is 2.02 bits per heavy atom. The summed E-state index contributed by atoms with van der Waals surface area (Å²) in [4.78, 5) is 109. The highest BCUT2D eigenvalue weighted by molar-refractivity contribution is 9.09. The Morgan fingerprint density at radius 2 is 1.41 bits per heavy atom. The second-order valence-electron chi connectivity index (χ2n) is 32.5. The van der Waals surface area contributed by atoms with Gasteiger partial charge in [-0.3, -0.25) is 47.1 Å². The number of amides is 3. The maximum atomic E-state index is 18.4. The van der Waals surface area contributed by atoms with Gasteiger partial charge in [0.15, 0.2) is 34.9 Å². The molecule has 550 valence electrons. The van der Waals surface area contributed by atoms with E-state index in [-0.39, 0.29) is 81.2 Å². The number of hydrogen-bond donors (Lipinski definition) is 4. The number of carbonyl (C=O) groups is 8. The van der Waals surface area contributed by atoms with Crippen LogP contribution in [-0.4, -0.2) is 141 Å². The average molecular weight is 1470 g/mol. The molecule has 0 aromatic heterocycles. The molecule has 2 aromatic rings. The number of phosphoric acid groups is 1. The van der Waals surface area contributed by atoms with Crippen molar-refractivity contribution in [1.82, 2.24) is 10.6 Å². The Morgan fingerprint density at radius 1 is 0.778 bits per heavy atom. The van der Waals surface area contributed by atoms with Gasteiger partial charge >= 0.3 is 19.9 Å². The van der Waals surface area contributed by atoms with Crippen molar-refractivity contribution in [2.45, 2.75) is 258 Å². The van der Waals surface area contributed by atoms with Gasteiger partial charge in [0.05, 0.1) is 40.9 Å². The zero-order valence-corrected chi connectivity index (χ0v) is 63.1. The van der Waals surface area contributed by atoms with Crippen molar-refractivity contribution in [2.24, 2.45) is 34.5 Å². The predicted octanol–water partition coefficient (Wildman–Crippen LogP) is 13.3. The van der Waals surface area contributed by atoms with Crippen LogP contribution in [-0.2, 0) is 81.8 Å². The van der Waals surface area contributed by atoms with E-state index >= 15 is 13.6 Å². The number of phosphoric ester groups is 1. The van der Waals surface area contributed by atoms with Crippen molar-refractivity contribution in [1.29, 1.82) is 0 Å². The number of unbranched alkanes of at least 4 members (excludes halogenated alkanes) is 1. The molecule has 99 heavy (non-hydrogen) atoms. The molecule has 2 aromatic carbocycles. The van der Waals surface area contributed by atoms with Gasteiger partial charge in [-0.25, -0.2) is 18.1 Å². The summed E-state index contributed by atoms with van der Waals surface area (Å²) in [6.07, 6.45) is -2.92. The molecule has 3 saturated carbocycles. The van der Waals surface area contributed by atoms with Gasteiger partial charge in [-0.1, -0.05) is 71.7 Å². The van der Waals surface area contributed by atoms with Crippen LogP contribution in [0.4, 0.5) is 19.3 Å². The number of Topliss-reactive ketones (excluding diaryl/α,β-unsaturated/α-hetero) is 3. The van der Waals surface area contributed by atoms with E-state index in [0.29, 0.717) is 30.5 Å². The van der Waals surface area contributed by atoms with Gasteiger partial charge in [0.2, 0.25) is 11.8 Å². The van der Waals surface area contributed by atoms with Gasteiger partial charge in [-0.2, -0.15) is 0 Å². The first-order valence-electron chi connectivity index (χ1n) is 34.3. The van der Waals surface area contributed by atoms with Crippen molar-refractivity contribution >= 4 is 76.4 Å². The molecule has 3 amide bonds. The lowest BCUT2D eigenvalue weighted by Crippen LogP contribution is -2.70. The SMILES string of the molecule is CC(C)(C)OC[C@H](NC(=O)[C@H](CCC(=O)OC(C)(C)C)CC(=O)CBr)C(=O)C[C@@H](CCCCNC(=O)OC(C)(C)C)C(=O)Nc1cccc(Cc2ccc([C@@H]3O[C@@H]4C[C@H]5[C@@H]6C[C@H](F)C7=CC(=O)C=C[C@]7(C)[C@@]6(F)[C@@H](O)C[C@]5(C)[C@]4(C(=O)COP(=O)(OC(C)(C)C)OC(C)(C)C)O3)cc2)c1. The molecule has 21 nitrogen and oxygen atoms in total. The maximum Gasteiger partial charge on any atom is 0.476 e. The molecule has 0 spiro atoms. The zero-order valence-electron chi connectivity index (χ0n) is 60.6. The molecule has 4 N–H and O–H groups in total. The van der Waals surface area contributed by atoms with Crippen LogP contribution in [0.3, 0.4) is 0 Å². The molecule has 1 aliphatic heterocycles. The number of ketones is 4. The third-order valence-electron chi connectivity index (χ3n) is 18.7. The van der Waals surface area contributed by atoms with E-state index in [4.69, 9.17) is 37.3 Å². The van der Waals surface area contributed by atoms with Gasteiger partial charge < -0.3 is 44.7 Å². The molecular weight excluding hydrogens is 1370 g/mol. The van der Waals surface area contributed by atoms with E-state index in [1.54, 1.807) is 141 Å². The zero-order chi connectivity index (χ0) is 73.9. The van der Waals surface area contributed by atoms with E-state index in [9.17, 15) is 43.2 Å². The quantitative estimate of drug-likeness (QED) is 0.0255. The lowest BCUT2D eigenvalue weighted by atomic mass is 9.44. The number of benzene rings is 2. The summed E-state index contributed by atoms with van der Waals surface area (Å²) in [5.41, 5.74) is -9.53. The van der Waals surface area contributed by atoms with Gasteiger partial charge in [-0.15, -0.1) is 0 Å². The Kier molecular flexibility index (Phi) is 25.5. The molecular formula is C74H105BrF2N3O18P. The minimum atomic E-state index is -4.51. The van der Waals surface area contributed by atoms with Gasteiger partial charge in [0.25, 0.3) is 0 Å². The number of alkyl carbamates (subject to hydrolysis) is 1. The molecule has 4 aliphatic carbocycles. The molecule has 0 bridgehead atoms. The number of ether oxygens (including phenoxy) is 5. The van der Waals surface area contributed by atoms with Crippen LogP contribution in [0.15, 0.2) is 72.3 Å². The van der Waals surface area contributed by atoms with Crippen molar-refractivity contribution in [2.75, 3.05) is 30.4 Å². The molecule has 0 unspecified atom stereocenters. The Hall–Kier alpha value is -5.43. The number of aliphatic hydroxyl groups is 1. The van der Waals surface area contributed by atoms with E-state index < -0.39 is 160 Å². The molecule has 4 fully saturated rings. The van der Waals surface area contributed by atoms with Gasteiger partial charge in [0.1, 0.15) is 35.8 Å². The van der Waals surface area contributed by atoms with E-state index in [1.165, 1.54) is 19.1 Å². The van der Waals surface area contributed by atoms with Gasteiger partial charge in [-0.05, 0) is 203 Å². The monoisotopic (exact) mass is 1470 g/mol. The Balaban J connectivity index is 1.11. The van der Waals surface area contributed by atoms with Crippen molar-refractivity contribution in [3.05, 3.63) is 89.0 Å². The number of fused-ring (bicyclic) bond motifs is 7. The minimum absolute atomic E-state index is 0.00373.